The van der Waals surface area contributed by atoms with Crippen molar-refractivity contribution in [3.8, 4) is 5.75 Å². The normalized spacial score (nSPS) is 11.5. The van der Waals surface area contributed by atoms with Crippen molar-refractivity contribution in [2.75, 3.05) is 25.5 Å². The van der Waals surface area contributed by atoms with Crippen molar-refractivity contribution in [3.05, 3.63) is 87.4 Å². The SMILES string of the molecule is CCc1cc(Br)cc(CC)c1NC(=O)CN(CCc1ccccc1)S(=O)(=O)c1ccc(OC)c(C)c1. The summed E-state index contributed by atoms with van der Waals surface area (Å²) in [5.41, 5.74) is 4.46. The monoisotopic (exact) mass is 572 g/mol. The molecule has 1 N–H and O–H groups in total. The summed E-state index contributed by atoms with van der Waals surface area (Å²) in [5.74, 6) is 0.237. The van der Waals surface area contributed by atoms with Gasteiger partial charge in [0.05, 0.1) is 18.6 Å². The fourth-order valence-corrected chi connectivity index (χ4v) is 6.16. The smallest absolute Gasteiger partial charge is 0.243 e. The predicted octanol–water partition coefficient (Wildman–Crippen LogP) is 5.76. The number of sulfonamides is 1. The molecule has 0 radical (unpaired) electrons. The number of methoxy groups -OCH3 is 1. The second-order valence-corrected chi connectivity index (χ2v) is 11.4. The average molecular weight is 574 g/mol. The Morgan fingerprint density at radius 3 is 2.19 bits per heavy atom. The molecule has 8 heteroatoms. The minimum atomic E-state index is -3.93. The molecule has 0 atom stereocenters. The minimum Gasteiger partial charge on any atom is -0.496 e. The molecule has 0 spiro atoms. The number of benzene rings is 3. The van der Waals surface area contributed by atoms with Crippen LogP contribution in [0.5, 0.6) is 5.75 Å². The third-order valence-corrected chi connectivity index (χ3v) is 8.41. The highest BCUT2D eigenvalue weighted by molar-refractivity contribution is 9.10. The fourth-order valence-electron chi connectivity index (χ4n) is 4.13. The number of ether oxygens (including phenoxy) is 1. The van der Waals surface area contributed by atoms with Crippen LogP contribution in [0.4, 0.5) is 5.69 Å². The predicted molar refractivity (Wildman–Crippen MR) is 148 cm³/mol. The summed E-state index contributed by atoms with van der Waals surface area (Å²) in [5, 5.41) is 3.00. The molecule has 6 nitrogen and oxygen atoms in total. The molecule has 36 heavy (non-hydrogen) atoms. The van der Waals surface area contributed by atoms with E-state index in [-0.39, 0.29) is 23.9 Å². The molecule has 0 bridgehead atoms. The Hall–Kier alpha value is -2.68. The lowest BCUT2D eigenvalue weighted by atomic mass is 10.0. The van der Waals surface area contributed by atoms with Crippen LogP contribution in [-0.2, 0) is 34.1 Å². The van der Waals surface area contributed by atoms with E-state index < -0.39 is 10.0 Å². The number of amides is 1. The maximum absolute atomic E-state index is 13.7. The quantitative estimate of drug-likeness (QED) is 0.317. The topological polar surface area (TPSA) is 75.7 Å². The van der Waals surface area contributed by atoms with E-state index in [0.717, 1.165) is 39.7 Å². The molecule has 0 aromatic heterocycles. The summed E-state index contributed by atoms with van der Waals surface area (Å²) < 4.78 is 34.9. The molecule has 192 valence electrons. The van der Waals surface area contributed by atoms with Crippen LogP contribution >= 0.6 is 15.9 Å². The number of nitrogens with one attached hydrogen (secondary N) is 1. The highest BCUT2D eigenvalue weighted by Crippen LogP contribution is 2.28. The molecule has 3 aromatic carbocycles. The van der Waals surface area contributed by atoms with E-state index in [1.807, 2.05) is 56.3 Å². The van der Waals surface area contributed by atoms with Gasteiger partial charge >= 0.3 is 0 Å². The summed E-state index contributed by atoms with van der Waals surface area (Å²) in [6, 6.07) is 18.4. The number of halogens is 1. The third-order valence-electron chi connectivity index (χ3n) is 6.11. The molecule has 0 heterocycles. The molecule has 3 rings (SSSR count). The number of aryl methyl sites for hydroxylation is 3. The van der Waals surface area contributed by atoms with Gasteiger partial charge in [0.2, 0.25) is 15.9 Å². The molecule has 0 aliphatic rings. The summed E-state index contributed by atoms with van der Waals surface area (Å²) in [6.07, 6.45) is 1.97. The molecule has 3 aromatic rings. The van der Waals surface area contributed by atoms with Gasteiger partial charge in [-0.1, -0.05) is 60.1 Å². The van der Waals surface area contributed by atoms with Gasteiger partial charge in [-0.05, 0) is 78.8 Å². The Morgan fingerprint density at radius 1 is 1.00 bits per heavy atom. The highest BCUT2D eigenvalue weighted by Gasteiger charge is 2.27. The second-order valence-electron chi connectivity index (χ2n) is 8.56. The molecule has 0 unspecified atom stereocenters. The van der Waals surface area contributed by atoms with E-state index in [1.165, 1.54) is 10.4 Å². The molecule has 0 aliphatic heterocycles. The van der Waals surface area contributed by atoms with E-state index in [9.17, 15) is 13.2 Å². The maximum atomic E-state index is 13.7. The van der Waals surface area contributed by atoms with Crippen molar-refractivity contribution in [1.82, 2.24) is 4.31 Å². The summed E-state index contributed by atoms with van der Waals surface area (Å²) in [4.78, 5) is 13.4. The molecule has 0 aliphatic carbocycles. The van der Waals surface area contributed by atoms with Crippen molar-refractivity contribution in [3.63, 3.8) is 0 Å². The van der Waals surface area contributed by atoms with Crippen molar-refractivity contribution >= 4 is 37.5 Å². The largest absolute Gasteiger partial charge is 0.496 e. The second kappa shape index (κ2) is 12.5. The van der Waals surface area contributed by atoms with Crippen LogP contribution in [-0.4, -0.2) is 38.8 Å². The number of anilines is 1. The summed E-state index contributed by atoms with van der Waals surface area (Å²) in [7, 11) is -2.39. The number of hydrogen-bond acceptors (Lipinski definition) is 4. The van der Waals surface area contributed by atoms with Crippen LogP contribution < -0.4 is 10.1 Å². The van der Waals surface area contributed by atoms with Crippen LogP contribution in [0.15, 0.2) is 70.0 Å². The first-order chi connectivity index (χ1) is 17.2. The Labute approximate surface area is 222 Å². The van der Waals surface area contributed by atoms with Gasteiger partial charge in [-0.3, -0.25) is 4.79 Å². The Morgan fingerprint density at radius 2 is 1.64 bits per heavy atom. The van der Waals surface area contributed by atoms with E-state index >= 15 is 0 Å². The van der Waals surface area contributed by atoms with Crippen LogP contribution in [0.1, 0.15) is 36.1 Å². The van der Waals surface area contributed by atoms with Crippen LogP contribution in [0.2, 0.25) is 0 Å². The van der Waals surface area contributed by atoms with Gasteiger partial charge in [0.25, 0.3) is 0 Å². The first kappa shape index (κ1) is 27.9. The van der Waals surface area contributed by atoms with Crippen LogP contribution in [0.3, 0.4) is 0 Å². The van der Waals surface area contributed by atoms with Gasteiger partial charge in [-0.15, -0.1) is 0 Å². The van der Waals surface area contributed by atoms with Gasteiger partial charge in [0.15, 0.2) is 0 Å². The van der Waals surface area contributed by atoms with Gasteiger partial charge in [-0.2, -0.15) is 4.31 Å². The zero-order valence-electron chi connectivity index (χ0n) is 21.2. The Bertz CT molecular complexity index is 1290. The van der Waals surface area contributed by atoms with Crippen molar-refractivity contribution < 1.29 is 17.9 Å². The van der Waals surface area contributed by atoms with Gasteiger partial charge in [0.1, 0.15) is 5.75 Å². The zero-order valence-corrected chi connectivity index (χ0v) is 23.6. The fraction of sp³-hybridized carbons (Fsp3) is 0.321. The van der Waals surface area contributed by atoms with Crippen LogP contribution in [0.25, 0.3) is 0 Å². The molecule has 0 fully saturated rings. The lowest BCUT2D eigenvalue weighted by molar-refractivity contribution is -0.116. The molecule has 0 saturated heterocycles. The zero-order chi connectivity index (χ0) is 26.3. The number of rotatable bonds is 11. The number of hydrogen-bond donors (Lipinski definition) is 1. The average Bonchev–Trinajstić information content (AvgIpc) is 2.87. The first-order valence-corrected chi connectivity index (χ1v) is 14.2. The third kappa shape index (κ3) is 6.75. The van der Waals surface area contributed by atoms with E-state index in [0.29, 0.717) is 17.7 Å². The molecular weight excluding hydrogens is 540 g/mol. The summed E-state index contributed by atoms with van der Waals surface area (Å²) >= 11 is 3.54. The van der Waals surface area contributed by atoms with E-state index in [1.54, 1.807) is 26.2 Å². The van der Waals surface area contributed by atoms with Crippen molar-refractivity contribution in [2.24, 2.45) is 0 Å². The van der Waals surface area contributed by atoms with Crippen molar-refractivity contribution in [1.29, 1.82) is 0 Å². The Kier molecular flexibility index (Phi) is 9.70. The van der Waals surface area contributed by atoms with Gasteiger partial charge in [0, 0.05) is 16.7 Å². The van der Waals surface area contributed by atoms with E-state index in [4.69, 9.17) is 4.74 Å². The first-order valence-electron chi connectivity index (χ1n) is 12.0. The highest BCUT2D eigenvalue weighted by atomic mass is 79.9. The summed E-state index contributed by atoms with van der Waals surface area (Å²) in [6.45, 7) is 5.74. The van der Waals surface area contributed by atoms with Gasteiger partial charge in [-0.25, -0.2) is 8.42 Å². The van der Waals surface area contributed by atoms with E-state index in [2.05, 4.69) is 21.2 Å². The molecular formula is C28H33BrN2O4S. The van der Waals surface area contributed by atoms with Crippen LogP contribution in [0, 0.1) is 6.92 Å². The number of carbonyl (C=O) groups excluding carboxylic acids is 1. The molecule has 0 saturated carbocycles. The molecule has 1 amide bonds. The number of nitrogens with zero attached hydrogens (tertiary/aromatic N) is 1. The lowest BCUT2D eigenvalue weighted by Gasteiger charge is -2.23. The van der Waals surface area contributed by atoms with Crippen molar-refractivity contribution in [2.45, 2.75) is 44.9 Å². The lowest BCUT2D eigenvalue weighted by Crippen LogP contribution is -2.39. The number of carbonyl (C=O) groups is 1. The standard InChI is InChI=1S/C28H33BrN2O4S/c1-5-22-17-24(29)18-23(6-2)28(22)30-27(32)19-31(15-14-21-10-8-7-9-11-21)36(33,34)25-12-13-26(35-4)20(3)16-25/h7-13,16-18H,5-6,14-15,19H2,1-4H3,(H,30,32). The minimum absolute atomic E-state index is 0.133. The Balaban J connectivity index is 1.91. The van der Waals surface area contributed by atoms with Gasteiger partial charge < -0.3 is 10.1 Å². The maximum Gasteiger partial charge on any atom is 0.243 e.